The van der Waals surface area contributed by atoms with Crippen molar-refractivity contribution in [2.45, 2.75) is 52.4 Å². The highest BCUT2D eigenvalue weighted by Gasteiger charge is 2.33. The first-order chi connectivity index (χ1) is 12.8. The molecule has 8 heteroatoms. The van der Waals surface area contributed by atoms with Crippen LogP contribution < -0.4 is 5.32 Å². The summed E-state index contributed by atoms with van der Waals surface area (Å²) in [4.78, 5) is 28.6. The normalized spacial score (nSPS) is 21.2. The molecule has 0 radical (unpaired) electrons. The Morgan fingerprint density at radius 1 is 1.30 bits per heavy atom. The summed E-state index contributed by atoms with van der Waals surface area (Å²) in [6, 6.07) is 1.76. The van der Waals surface area contributed by atoms with E-state index in [0.717, 1.165) is 13.1 Å². The van der Waals surface area contributed by atoms with Crippen LogP contribution >= 0.6 is 11.3 Å². The van der Waals surface area contributed by atoms with Gasteiger partial charge in [0.15, 0.2) is 10.8 Å². The van der Waals surface area contributed by atoms with Gasteiger partial charge in [-0.05, 0) is 40.7 Å². The number of aryl methyl sites for hydroxylation is 1. The monoisotopic (exact) mass is 389 g/mol. The molecule has 1 aliphatic rings. The molecule has 27 heavy (non-hydrogen) atoms. The van der Waals surface area contributed by atoms with Crippen molar-refractivity contribution in [2.75, 3.05) is 19.6 Å². The number of morpholine rings is 1. The third-order valence-electron chi connectivity index (χ3n) is 4.72. The summed E-state index contributed by atoms with van der Waals surface area (Å²) in [5.41, 5.74) is 0.540. The first kappa shape index (κ1) is 19.9. The van der Waals surface area contributed by atoms with E-state index in [-0.39, 0.29) is 23.7 Å². The zero-order chi connectivity index (χ0) is 19.6. The van der Waals surface area contributed by atoms with Crippen LogP contribution in [0.3, 0.4) is 0 Å². The quantitative estimate of drug-likeness (QED) is 0.846. The predicted octanol–water partition coefficient (Wildman–Crippen LogP) is 2.53. The zero-order valence-electron chi connectivity index (χ0n) is 16.5. The first-order valence-electron chi connectivity index (χ1n) is 9.20. The molecule has 2 unspecified atom stereocenters. The van der Waals surface area contributed by atoms with Gasteiger partial charge in [-0.25, -0.2) is 15.0 Å². The molecule has 3 rings (SSSR count). The number of ether oxygens (including phenoxy) is 1. The average Bonchev–Trinajstić information content (AvgIpc) is 3.01. The molecule has 2 aromatic rings. The molecule has 1 N–H and O–H groups in total. The van der Waals surface area contributed by atoms with Crippen molar-refractivity contribution in [1.29, 1.82) is 0 Å². The molecule has 1 fully saturated rings. The molecule has 0 aromatic carbocycles. The van der Waals surface area contributed by atoms with Crippen LogP contribution in [-0.4, -0.2) is 63.1 Å². The Morgan fingerprint density at radius 3 is 2.56 bits per heavy atom. The first-order valence-corrected chi connectivity index (χ1v) is 10.0. The van der Waals surface area contributed by atoms with E-state index in [0.29, 0.717) is 27.9 Å². The molecule has 1 aliphatic heterocycles. The summed E-state index contributed by atoms with van der Waals surface area (Å²) >= 11 is 1.33. The number of amides is 1. The Hall–Kier alpha value is -1.90. The highest BCUT2D eigenvalue weighted by Crippen LogP contribution is 2.25. The summed E-state index contributed by atoms with van der Waals surface area (Å²) in [5, 5.41) is 3.74. The highest BCUT2D eigenvalue weighted by molar-refractivity contribution is 7.17. The van der Waals surface area contributed by atoms with Crippen molar-refractivity contribution in [1.82, 2.24) is 25.2 Å². The van der Waals surface area contributed by atoms with Crippen molar-refractivity contribution in [3.63, 3.8) is 0 Å². The predicted molar refractivity (Wildman–Crippen MR) is 106 cm³/mol. The van der Waals surface area contributed by atoms with Crippen LogP contribution in [0.1, 0.15) is 43.1 Å². The van der Waals surface area contributed by atoms with Gasteiger partial charge < -0.3 is 10.1 Å². The lowest BCUT2D eigenvalue weighted by atomic mass is 10.00. The minimum Gasteiger partial charge on any atom is -0.373 e. The number of hydrogen-bond acceptors (Lipinski definition) is 7. The van der Waals surface area contributed by atoms with Gasteiger partial charge in [0, 0.05) is 37.6 Å². The van der Waals surface area contributed by atoms with Crippen LogP contribution in [0.2, 0.25) is 0 Å². The molecule has 2 aromatic heterocycles. The summed E-state index contributed by atoms with van der Waals surface area (Å²) in [7, 11) is 0. The van der Waals surface area contributed by atoms with E-state index in [1.807, 2.05) is 6.92 Å². The smallest absolute Gasteiger partial charge is 0.263 e. The SMILES string of the molecule is Cc1nc(-c2ncccn2)sc1C(=O)NCC(C)(C)N1CC(C)OC(C)C1. The fourth-order valence-electron chi connectivity index (χ4n) is 3.27. The van der Waals surface area contributed by atoms with Gasteiger partial charge in [-0.2, -0.15) is 0 Å². The Morgan fingerprint density at radius 2 is 1.93 bits per heavy atom. The van der Waals surface area contributed by atoms with Gasteiger partial charge in [-0.15, -0.1) is 11.3 Å². The van der Waals surface area contributed by atoms with Crippen molar-refractivity contribution in [3.05, 3.63) is 29.0 Å². The van der Waals surface area contributed by atoms with E-state index in [4.69, 9.17) is 4.74 Å². The fourth-order valence-corrected chi connectivity index (χ4v) is 4.20. The fraction of sp³-hybridized carbons (Fsp3) is 0.579. The van der Waals surface area contributed by atoms with E-state index >= 15 is 0 Å². The number of thiazole rings is 1. The number of nitrogens with one attached hydrogen (secondary N) is 1. The molecule has 3 heterocycles. The summed E-state index contributed by atoms with van der Waals surface area (Å²) in [5.74, 6) is 0.441. The zero-order valence-corrected chi connectivity index (χ0v) is 17.3. The van der Waals surface area contributed by atoms with Gasteiger partial charge >= 0.3 is 0 Å². The van der Waals surface area contributed by atoms with Gasteiger partial charge in [-0.3, -0.25) is 9.69 Å². The average molecular weight is 390 g/mol. The van der Waals surface area contributed by atoms with Crippen molar-refractivity contribution in [3.8, 4) is 10.8 Å². The lowest BCUT2D eigenvalue weighted by molar-refractivity contribution is -0.0948. The Kier molecular flexibility index (Phi) is 5.88. The number of aromatic nitrogens is 3. The second-order valence-electron chi connectivity index (χ2n) is 7.66. The molecule has 2 atom stereocenters. The van der Waals surface area contributed by atoms with Crippen molar-refractivity contribution in [2.24, 2.45) is 0 Å². The Labute approximate surface area is 164 Å². The third kappa shape index (κ3) is 4.69. The molecule has 0 aliphatic carbocycles. The maximum atomic E-state index is 12.7. The van der Waals surface area contributed by atoms with E-state index in [2.05, 4.69) is 52.9 Å². The number of carbonyl (C=O) groups excluding carboxylic acids is 1. The van der Waals surface area contributed by atoms with E-state index in [1.165, 1.54) is 11.3 Å². The number of hydrogen-bond donors (Lipinski definition) is 1. The third-order valence-corrected chi connectivity index (χ3v) is 5.87. The number of nitrogens with zero attached hydrogens (tertiary/aromatic N) is 4. The van der Waals surface area contributed by atoms with Crippen LogP contribution in [0.4, 0.5) is 0 Å². The number of carbonyl (C=O) groups is 1. The van der Waals surface area contributed by atoms with Crippen molar-refractivity contribution < 1.29 is 9.53 Å². The minimum atomic E-state index is -0.161. The van der Waals surface area contributed by atoms with Gasteiger partial charge in [0.05, 0.1) is 17.9 Å². The highest BCUT2D eigenvalue weighted by atomic mass is 32.1. The lowest BCUT2D eigenvalue weighted by Gasteiger charge is -2.45. The summed E-state index contributed by atoms with van der Waals surface area (Å²) in [6.45, 7) is 12.6. The van der Waals surface area contributed by atoms with Gasteiger partial charge in [0.1, 0.15) is 4.88 Å². The standard InChI is InChI=1S/C19H27N5O2S/c1-12-9-24(10-13(2)26-12)19(4,5)11-22-17(25)15-14(3)23-18(27-15)16-20-7-6-8-21-16/h6-8,12-13H,9-11H2,1-5H3,(H,22,25). The number of rotatable bonds is 5. The maximum absolute atomic E-state index is 12.7. The Balaban J connectivity index is 1.66. The van der Waals surface area contributed by atoms with E-state index < -0.39 is 0 Å². The minimum absolute atomic E-state index is 0.102. The molecule has 0 spiro atoms. The van der Waals surface area contributed by atoms with Gasteiger partial charge in [-0.1, -0.05) is 0 Å². The second kappa shape index (κ2) is 8.00. The van der Waals surface area contributed by atoms with Crippen LogP contribution in [0.25, 0.3) is 10.8 Å². The summed E-state index contributed by atoms with van der Waals surface area (Å²) < 4.78 is 5.82. The van der Waals surface area contributed by atoms with E-state index in [1.54, 1.807) is 18.5 Å². The molecule has 146 valence electrons. The van der Waals surface area contributed by atoms with Crippen molar-refractivity contribution >= 4 is 17.2 Å². The van der Waals surface area contributed by atoms with Crippen LogP contribution in [0.5, 0.6) is 0 Å². The Bertz CT molecular complexity index is 783. The van der Waals surface area contributed by atoms with Crippen LogP contribution in [0.15, 0.2) is 18.5 Å². The molecule has 7 nitrogen and oxygen atoms in total. The topological polar surface area (TPSA) is 80.2 Å². The molecule has 1 saturated heterocycles. The van der Waals surface area contributed by atoms with E-state index in [9.17, 15) is 4.79 Å². The molecular formula is C19H27N5O2S. The van der Waals surface area contributed by atoms with Gasteiger partial charge in [0.2, 0.25) is 0 Å². The lowest BCUT2D eigenvalue weighted by Crippen LogP contribution is -2.58. The molecular weight excluding hydrogens is 362 g/mol. The summed E-state index contributed by atoms with van der Waals surface area (Å²) in [6.07, 6.45) is 3.74. The van der Waals surface area contributed by atoms with Crippen LogP contribution in [-0.2, 0) is 4.74 Å². The molecule has 1 amide bonds. The largest absolute Gasteiger partial charge is 0.373 e. The maximum Gasteiger partial charge on any atom is 0.263 e. The van der Waals surface area contributed by atoms with Crippen LogP contribution in [0, 0.1) is 6.92 Å². The second-order valence-corrected chi connectivity index (χ2v) is 8.66. The van der Waals surface area contributed by atoms with Gasteiger partial charge in [0.25, 0.3) is 5.91 Å². The molecule has 0 bridgehead atoms. The molecule has 0 saturated carbocycles.